The number of aromatic amines is 1. The van der Waals surface area contributed by atoms with Gasteiger partial charge in [0.25, 0.3) is 0 Å². The van der Waals surface area contributed by atoms with Crippen molar-refractivity contribution in [1.82, 2.24) is 19.9 Å². The Kier molecular flexibility index (Phi) is 0.700. The summed E-state index contributed by atoms with van der Waals surface area (Å²) in [5.41, 5.74) is 6.41. The molecule has 0 aliphatic rings. The number of anilines is 1. The van der Waals surface area contributed by atoms with Gasteiger partial charge < -0.3 is 10.7 Å². The van der Waals surface area contributed by atoms with E-state index in [4.69, 9.17) is 7.10 Å². The Morgan fingerprint density at radius 1 is 1.50 bits per heavy atom. The van der Waals surface area contributed by atoms with Crippen LogP contribution in [0.5, 0.6) is 0 Å². The van der Waals surface area contributed by atoms with Crippen LogP contribution in [0.25, 0.3) is 11.2 Å². The normalized spacial score (nSPS) is 11.8. The number of hydrogen-bond acceptors (Lipinski definition) is 4. The van der Waals surface area contributed by atoms with Crippen LogP contribution in [-0.4, -0.2) is 19.9 Å². The number of H-pyrrole nitrogens is 1. The molecule has 10 heavy (non-hydrogen) atoms. The Morgan fingerprint density at radius 2 is 2.40 bits per heavy atom. The number of fused-ring (bicyclic) bond motifs is 1. The number of hydrogen-bond donors (Lipinski definition) is 2. The van der Waals surface area contributed by atoms with Crippen molar-refractivity contribution in [1.29, 1.82) is 0 Å². The van der Waals surface area contributed by atoms with Gasteiger partial charge in [-0.15, -0.1) is 0 Å². The zero-order valence-electron chi connectivity index (χ0n) is 6.00. The molecule has 0 saturated carbocycles. The first-order valence-corrected chi connectivity index (χ1v) is 2.70. The number of nitrogen functional groups attached to an aromatic ring is 1. The first-order valence-electron chi connectivity index (χ1n) is 3.20. The first kappa shape index (κ1) is 4.21. The van der Waals surface area contributed by atoms with Crippen molar-refractivity contribution in [2.24, 2.45) is 0 Å². The van der Waals surface area contributed by atoms with Crippen molar-refractivity contribution in [3.8, 4) is 0 Å². The number of aromatic nitrogens is 4. The van der Waals surface area contributed by atoms with Crippen molar-refractivity contribution in [2.45, 2.75) is 0 Å². The molecule has 5 nitrogen and oxygen atoms in total. The maximum atomic E-state index is 7.13. The predicted molar refractivity (Wildman–Crippen MR) is 36.1 cm³/mol. The molecule has 3 N–H and O–H groups in total. The lowest BCUT2D eigenvalue weighted by Crippen LogP contribution is -1.91. The monoisotopic (exact) mass is 136 g/mol. The van der Waals surface area contributed by atoms with Gasteiger partial charge in [0.15, 0.2) is 11.5 Å². The third-order valence-corrected chi connectivity index (χ3v) is 1.19. The molecule has 0 fully saturated rings. The molecule has 0 aromatic carbocycles. The van der Waals surface area contributed by atoms with Gasteiger partial charge in [-0.3, -0.25) is 0 Å². The van der Waals surface area contributed by atoms with Crippen LogP contribution in [0.15, 0.2) is 12.6 Å². The maximum absolute atomic E-state index is 7.13. The summed E-state index contributed by atoms with van der Waals surface area (Å²) in [5, 5.41) is 0. The standard InChI is InChI=1S/C5H5N5/c6-4-3-5(9-1-7-3)10-2-8-4/h1-2H,(H3,6,7,8,9,10)/i1D. The van der Waals surface area contributed by atoms with Gasteiger partial charge in [0.05, 0.1) is 6.30 Å². The Hall–Kier alpha value is -1.65. The highest BCUT2D eigenvalue weighted by molar-refractivity contribution is 5.80. The molecule has 0 unspecified atom stereocenters. The number of nitrogens with zero attached hydrogens (tertiary/aromatic N) is 3. The average Bonchev–Trinajstić information content (AvgIpc) is 2.31. The fourth-order valence-electron chi connectivity index (χ4n) is 0.731. The van der Waals surface area contributed by atoms with E-state index < -0.39 is 0 Å². The molecule has 0 atom stereocenters. The van der Waals surface area contributed by atoms with Gasteiger partial charge in [0.1, 0.15) is 13.2 Å². The average molecular weight is 136 g/mol. The highest BCUT2D eigenvalue weighted by Gasteiger charge is 1.99. The van der Waals surface area contributed by atoms with Gasteiger partial charge in [0, 0.05) is 0 Å². The Balaban J connectivity index is 2.90. The summed E-state index contributed by atoms with van der Waals surface area (Å²) in [6.07, 6.45) is 1.38. The first-order chi connectivity index (χ1) is 5.27. The van der Waals surface area contributed by atoms with E-state index in [1.165, 1.54) is 6.33 Å². The molecule has 2 heterocycles. The third kappa shape index (κ3) is 0.540. The largest absolute Gasteiger partial charge is 0.382 e. The summed E-state index contributed by atoms with van der Waals surface area (Å²) in [7, 11) is 0. The van der Waals surface area contributed by atoms with Crippen LogP contribution in [-0.2, 0) is 0 Å². The van der Waals surface area contributed by atoms with Crippen LogP contribution in [0.4, 0.5) is 5.82 Å². The third-order valence-electron chi connectivity index (χ3n) is 1.19. The lowest BCUT2D eigenvalue weighted by atomic mass is 10.5. The van der Waals surface area contributed by atoms with Crippen LogP contribution < -0.4 is 5.73 Å². The van der Waals surface area contributed by atoms with Gasteiger partial charge in [-0.25, -0.2) is 15.0 Å². The van der Waals surface area contributed by atoms with Crippen LogP contribution in [0, 0.1) is 0 Å². The number of nitrogens with one attached hydrogen (secondary N) is 1. The SMILES string of the molecule is [2H]c1nc2c(N)ncnc2[nH]1. The summed E-state index contributed by atoms with van der Waals surface area (Å²) in [6.45, 7) is 0. The quantitative estimate of drug-likeness (QED) is 0.531. The van der Waals surface area contributed by atoms with E-state index >= 15 is 0 Å². The van der Waals surface area contributed by atoms with E-state index in [0.717, 1.165) is 0 Å². The van der Waals surface area contributed by atoms with Crippen molar-refractivity contribution in [3.05, 3.63) is 12.6 Å². The van der Waals surface area contributed by atoms with Gasteiger partial charge in [-0.2, -0.15) is 0 Å². The van der Waals surface area contributed by atoms with Gasteiger partial charge in [-0.05, 0) is 0 Å². The fourth-order valence-corrected chi connectivity index (χ4v) is 0.731. The van der Waals surface area contributed by atoms with Crippen LogP contribution in [0.3, 0.4) is 0 Å². The molecule has 0 amide bonds. The Morgan fingerprint density at radius 3 is 3.20 bits per heavy atom. The second kappa shape index (κ2) is 1.66. The van der Waals surface area contributed by atoms with Crippen LogP contribution in [0.2, 0.25) is 0 Å². The second-order valence-corrected chi connectivity index (χ2v) is 1.80. The molecule has 0 bridgehead atoms. The minimum absolute atomic E-state index is 0.0483. The zero-order valence-corrected chi connectivity index (χ0v) is 5.00. The lowest BCUT2D eigenvalue weighted by Gasteiger charge is -1.88. The molecule has 0 spiro atoms. The van der Waals surface area contributed by atoms with Gasteiger partial charge in [0.2, 0.25) is 0 Å². The van der Waals surface area contributed by atoms with Crippen molar-refractivity contribution >= 4 is 17.0 Å². The summed E-state index contributed by atoms with van der Waals surface area (Å²) < 4.78 is 7.13. The molecule has 2 aromatic rings. The van der Waals surface area contributed by atoms with E-state index in [-0.39, 0.29) is 6.30 Å². The summed E-state index contributed by atoms with van der Waals surface area (Å²) in [6, 6.07) is 0. The molecule has 2 aromatic heterocycles. The van der Waals surface area contributed by atoms with Gasteiger partial charge >= 0.3 is 0 Å². The minimum Gasteiger partial charge on any atom is -0.382 e. The van der Waals surface area contributed by atoms with Crippen molar-refractivity contribution in [3.63, 3.8) is 0 Å². The predicted octanol–water partition coefficient (Wildman–Crippen LogP) is -0.0649. The smallest absolute Gasteiger partial charge is 0.162 e. The molecule has 5 heteroatoms. The van der Waals surface area contributed by atoms with Crippen molar-refractivity contribution in [2.75, 3.05) is 5.73 Å². The molecule has 0 aliphatic carbocycles. The number of imidazole rings is 1. The molecular formula is C5H5N5. The summed E-state index contributed by atoms with van der Waals surface area (Å²) in [5.74, 6) is 0.296. The maximum Gasteiger partial charge on any atom is 0.162 e. The molecule has 0 aliphatic heterocycles. The highest BCUT2D eigenvalue weighted by atomic mass is 15.0. The molecular weight excluding hydrogens is 130 g/mol. The lowest BCUT2D eigenvalue weighted by molar-refractivity contribution is 1.21. The van der Waals surface area contributed by atoms with Gasteiger partial charge in [-0.1, -0.05) is 0 Å². The molecule has 0 saturated heterocycles. The summed E-state index contributed by atoms with van der Waals surface area (Å²) >= 11 is 0. The van der Waals surface area contributed by atoms with E-state index in [0.29, 0.717) is 17.0 Å². The molecule has 2 rings (SSSR count). The summed E-state index contributed by atoms with van der Waals surface area (Å²) in [4.78, 5) is 14.0. The van der Waals surface area contributed by atoms with Crippen molar-refractivity contribution < 1.29 is 1.37 Å². The molecule has 50 valence electrons. The number of rotatable bonds is 0. The Bertz CT molecular complexity index is 395. The van der Waals surface area contributed by atoms with E-state index in [9.17, 15) is 0 Å². The van der Waals surface area contributed by atoms with E-state index in [1.54, 1.807) is 0 Å². The Labute approximate surface area is 57.7 Å². The van der Waals surface area contributed by atoms with Crippen LogP contribution >= 0.6 is 0 Å². The topological polar surface area (TPSA) is 80.5 Å². The number of nitrogens with two attached hydrogens (primary N) is 1. The van der Waals surface area contributed by atoms with E-state index in [2.05, 4.69) is 19.9 Å². The zero-order chi connectivity index (χ0) is 7.84. The van der Waals surface area contributed by atoms with Crippen LogP contribution in [0.1, 0.15) is 1.37 Å². The highest BCUT2D eigenvalue weighted by Crippen LogP contribution is 2.09. The fraction of sp³-hybridized carbons (Fsp3) is 0. The minimum atomic E-state index is 0.0483. The molecule has 0 radical (unpaired) electrons. The van der Waals surface area contributed by atoms with E-state index in [1.807, 2.05) is 0 Å². The second-order valence-electron chi connectivity index (χ2n) is 1.80.